The summed E-state index contributed by atoms with van der Waals surface area (Å²) in [5, 5.41) is 8.38. The minimum absolute atomic E-state index is 0.116. The smallest absolute Gasteiger partial charge is 0.303 e. The Morgan fingerprint density at radius 3 is 2.64 bits per heavy atom. The van der Waals surface area contributed by atoms with Crippen molar-refractivity contribution < 1.29 is 18.7 Å². The van der Waals surface area contributed by atoms with Gasteiger partial charge in [-0.2, -0.15) is 0 Å². The molecule has 1 aromatic rings. The molecule has 0 atom stereocenters. The third-order valence-corrected chi connectivity index (χ3v) is 1.97. The third kappa shape index (κ3) is 2.28. The van der Waals surface area contributed by atoms with E-state index in [9.17, 15) is 13.6 Å². The summed E-state index contributed by atoms with van der Waals surface area (Å²) in [6, 6.07) is 2.48. The van der Waals surface area contributed by atoms with Crippen molar-refractivity contribution in [2.24, 2.45) is 0 Å². The molecule has 4 heteroatoms. The number of hydrogen-bond donors (Lipinski definition) is 1. The van der Waals surface area contributed by atoms with Crippen LogP contribution in [0.3, 0.4) is 0 Å². The molecule has 0 bridgehead atoms. The first-order chi connectivity index (χ1) is 6.52. The summed E-state index contributed by atoms with van der Waals surface area (Å²) in [6.07, 6.45) is -0.383. The van der Waals surface area contributed by atoms with Crippen LogP contribution in [0, 0.1) is 18.6 Å². The van der Waals surface area contributed by atoms with E-state index in [2.05, 4.69) is 0 Å². The van der Waals surface area contributed by atoms with Crippen LogP contribution < -0.4 is 0 Å². The maximum Gasteiger partial charge on any atom is 0.303 e. The summed E-state index contributed by atoms with van der Waals surface area (Å²) >= 11 is 0. The molecule has 0 aliphatic heterocycles. The normalized spacial score (nSPS) is 10.2. The van der Waals surface area contributed by atoms with Gasteiger partial charge in [0.05, 0.1) is 0 Å². The van der Waals surface area contributed by atoms with E-state index in [1.165, 1.54) is 13.0 Å². The van der Waals surface area contributed by atoms with Crippen LogP contribution in [0.2, 0.25) is 0 Å². The van der Waals surface area contributed by atoms with Crippen molar-refractivity contribution in [3.05, 3.63) is 34.9 Å². The van der Waals surface area contributed by atoms with Crippen molar-refractivity contribution >= 4 is 5.97 Å². The van der Waals surface area contributed by atoms with E-state index in [1.54, 1.807) is 0 Å². The summed E-state index contributed by atoms with van der Waals surface area (Å²) < 4.78 is 26.3. The number of benzene rings is 1. The molecule has 0 aliphatic rings. The van der Waals surface area contributed by atoms with Gasteiger partial charge in [0.25, 0.3) is 0 Å². The Bertz CT molecular complexity index is 361. The lowest BCUT2D eigenvalue weighted by atomic mass is 10.1. The van der Waals surface area contributed by atoms with Crippen molar-refractivity contribution in [3.8, 4) is 0 Å². The first-order valence-electron chi connectivity index (χ1n) is 4.17. The third-order valence-electron chi connectivity index (χ3n) is 1.97. The number of aliphatic carboxylic acids is 1. The zero-order chi connectivity index (χ0) is 10.7. The van der Waals surface area contributed by atoms with E-state index in [0.29, 0.717) is 5.56 Å². The number of carboxylic acid groups (broad SMARTS) is 1. The van der Waals surface area contributed by atoms with Gasteiger partial charge in [0.2, 0.25) is 0 Å². The van der Waals surface area contributed by atoms with Crippen molar-refractivity contribution in [3.63, 3.8) is 0 Å². The van der Waals surface area contributed by atoms with E-state index < -0.39 is 17.6 Å². The molecule has 0 aliphatic carbocycles. The molecule has 0 aromatic heterocycles. The highest BCUT2D eigenvalue weighted by atomic mass is 19.1. The molecule has 0 radical (unpaired) electrons. The Kier molecular flexibility index (Phi) is 3.17. The number of carboxylic acids is 1. The molecule has 1 aromatic carbocycles. The number of aryl methyl sites for hydroxylation is 1. The van der Waals surface area contributed by atoms with Crippen LogP contribution in [-0.2, 0) is 11.2 Å². The number of hydrogen-bond acceptors (Lipinski definition) is 1. The second-order valence-electron chi connectivity index (χ2n) is 3.05. The van der Waals surface area contributed by atoms with E-state index >= 15 is 0 Å². The van der Waals surface area contributed by atoms with Crippen LogP contribution in [0.5, 0.6) is 0 Å². The van der Waals surface area contributed by atoms with Crippen LogP contribution in [0.25, 0.3) is 0 Å². The Hall–Kier alpha value is -1.45. The summed E-state index contributed by atoms with van der Waals surface area (Å²) in [5.41, 5.74) is 0.180. The first kappa shape index (κ1) is 10.6. The van der Waals surface area contributed by atoms with Gasteiger partial charge < -0.3 is 5.11 Å². The van der Waals surface area contributed by atoms with E-state index in [-0.39, 0.29) is 18.4 Å². The highest BCUT2D eigenvalue weighted by Crippen LogP contribution is 2.17. The van der Waals surface area contributed by atoms with Gasteiger partial charge in [-0.1, -0.05) is 6.07 Å². The molecule has 0 fully saturated rings. The van der Waals surface area contributed by atoms with Gasteiger partial charge in [-0.15, -0.1) is 0 Å². The summed E-state index contributed by atoms with van der Waals surface area (Å²) in [5.74, 6) is -2.40. The summed E-state index contributed by atoms with van der Waals surface area (Å²) in [6.45, 7) is 1.51. The lowest BCUT2D eigenvalue weighted by Crippen LogP contribution is -2.03. The Labute approximate surface area is 80.2 Å². The van der Waals surface area contributed by atoms with Crippen LogP contribution in [0.1, 0.15) is 17.5 Å². The molecule has 0 saturated carbocycles. The van der Waals surface area contributed by atoms with Crippen molar-refractivity contribution in [1.29, 1.82) is 0 Å². The molecule has 0 heterocycles. The van der Waals surface area contributed by atoms with Gasteiger partial charge in [0.15, 0.2) is 0 Å². The van der Waals surface area contributed by atoms with Crippen molar-refractivity contribution in [2.45, 2.75) is 19.8 Å². The molecule has 0 unspecified atom stereocenters. The fraction of sp³-hybridized carbons (Fsp3) is 0.300. The topological polar surface area (TPSA) is 37.3 Å². The van der Waals surface area contributed by atoms with Crippen LogP contribution in [0.4, 0.5) is 8.78 Å². The molecule has 2 nitrogen and oxygen atoms in total. The lowest BCUT2D eigenvalue weighted by molar-refractivity contribution is -0.136. The quantitative estimate of drug-likeness (QED) is 0.812. The Morgan fingerprint density at radius 1 is 1.43 bits per heavy atom. The molecule has 76 valence electrons. The SMILES string of the molecule is Cc1ccc(F)c(CCC(=O)O)c1F. The van der Waals surface area contributed by atoms with E-state index in [1.807, 2.05) is 0 Å². The molecular formula is C10H10F2O2. The van der Waals surface area contributed by atoms with Gasteiger partial charge in [0, 0.05) is 12.0 Å². The average molecular weight is 200 g/mol. The average Bonchev–Trinajstić information content (AvgIpc) is 2.11. The monoisotopic (exact) mass is 200 g/mol. The minimum Gasteiger partial charge on any atom is -0.481 e. The summed E-state index contributed by atoms with van der Waals surface area (Å²) in [7, 11) is 0. The molecular weight excluding hydrogens is 190 g/mol. The summed E-state index contributed by atoms with van der Waals surface area (Å²) in [4.78, 5) is 10.2. The lowest BCUT2D eigenvalue weighted by Gasteiger charge is -2.05. The second-order valence-corrected chi connectivity index (χ2v) is 3.05. The fourth-order valence-corrected chi connectivity index (χ4v) is 1.18. The predicted molar refractivity (Wildman–Crippen MR) is 47.1 cm³/mol. The van der Waals surface area contributed by atoms with Crippen molar-refractivity contribution in [2.75, 3.05) is 0 Å². The maximum absolute atomic E-state index is 13.3. The minimum atomic E-state index is -1.06. The molecule has 0 spiro atoms. The first-order valence-corrected chi connectivity index (χ1v) is 4.17. The standard InChI is InChI=1S/C10H10F2O2/c1-6-2-4-8(11)7(10(6)12)3-5-9(13)14/h2,4H,3,5H2,1H3,(H,13,14). The number of rotatable bonds is 3. The van der Waals surface area contributed by atoms with E-state index in [4.69, 9.17) is 5.11 Å². The predicted octanol–water partition coefficient (Wildman–Crippen LogP) is 2.29. The molecule has 0 saturated heterocycles. The highest BCUT2D eigenvalue weighted by molar-refractivity contribution is 5.67. The zero-order valence-electron chi connectivity index (χ0n) is 7.68. The molecule has 14 heavy (non-hydrogen) atoms. The molecule has 0 amide bonds. The van der Waals surface area contributed by atoms with Gasteiger partial charge >= 0.3 is 5.97 Å². The van der Waals surface area contributed by atoms with Crippen LogP contribution in [-0.4, -0.2) is 11.1 Å². The largest absolute Gasteiger partial charge is 0.481 e. The number of carbonyl (C=O) groups is 1. The van der Waals surface area contributed by atoms with Gasteiger partial charge in [-0.3, -0.25) is 4.79 Å². The van der Waals surface area contributed by atoms with Gasteiger partial charge in [-0.05, 0) is 25.0 Å². The highest BCUT2D eigenvalue weighted by Gasteiger charge is 2.12. The Morgan fingerprint density at radius 2 is 2.07 bits per heavy atom. The maximum atomic E-state index is 13.3. The molecule has 1 rings (SSSR count). The molecule has 1 N–H and O–H groups in total. The van der Waals surface area contributed by atoms with Gasteiger partial charge in [-0.25, -0.2) is 8.78 Å². The van der Waals surface area contributed by atoms with Gasteiger partial charge in [0.1, 0.15) is 11.6 Å². The number of halogens is 2. The van der Waals surface area contributed by atoms with E-state index in [0.717, 1.165) is 6.07 Å². The van der Waals surface area contributed by atoms with Crippen LogP contribution in [0.15, 0.2) is 12.1 Å². The Balaban J connectivity index is 2.95. The second kappa shape index (κ2) is 4.17. The van der Waals surface area contributed by atoms with Crippen LogP contribution >= 0.6 is 0 Å². The van der Waals surface area contributed by atoms with Crippen molar-refractivity contribution in [1.82, 2.24) is 0 Å². The zero-order valence-corrected chi connectivity index (χ0v) is 7.68. The fourth-order valence-electron chi connectivity index (χ4n) is 1.18.